The van der Waals surface area contributed by atoms with E-state index < -0.39 is 5.97 Å². The molecular weight excluding hydrogens is 306 g/mol. The normalized spacial score (nSPS) is 14.2. The van der Waals surface area contributed by atoms with Crippen molar-refractivity contribution < 1.29 is 19.1 Å². The molecule has 2 amide bonds. The molecule has 0 aliphatic carbocycles. The van der Waals surface area contributed by atoms with E-state index in [1.54, 1.807) is 18.2 Å². The van der Waals surface area contributed by atoms with Crippen molar-refractivity contribution in [2.24, 2.45) is 0 Å². The van der Waals surface area contributed by atoms with Crippen LogP contribution in [0, 0.1) is 13.8 Å². The molecule has 3 rings (SSSR count). The van der Waals surface area contributed by atoms with Crippen LogP contribution in [0.1, 0.15) is 34.3 Å². The molecular formula is C19H17NO4. The summed E-state index contributed by atoms with van der Waals surface area (Å²) in [7, 11) is 0. The number of hydrogen-bond donors (Lipinski definition) is 0. The van der Waals surface area contributed by atoms with Crippen molar-refractivity contribution in [3.8, 4) is 5.75 Å². The van der Waals surface area contributed by atoms with Crippen LogP contribution >= 0.6 is 0 Å². The lowest BCUT2D eigenvalue weighted by molar-refractivity contribution is -0.121. The van der Waals surface area contributed by atoms with Crippen LogP contribution in [0.4, 0.5) is 5.69 Å². The van der Waals surface area contributed by atoms with E-state index in [0.29, 0.717) is 17.0 Å². The molecule has 0 saturated carbocycles. The summed E-state index contributed by atoms with van der Waals surface area (Å²) in [6.07, 6.45) is 0.409. The van der Waals surface area contributed by atoms with Crippen LogP contribution in [0.15, 0.2) is 42.5 Å². The zero-order valence-electron chi connectivity index (χ0n) is 13.5. The smallest absolute Gasteiger partial charge is 0.343 e. The number of rotatable bonds is 3. The van der Waals surface area contributed by atoms with Gasteiger partial charge in [-0.25, -0.2) is 4.79 Å². The number of benzene rings is 2. The van der Waals surface area contributed by atoms with Crippen LogP contribution in [-0.2, 0) is 9.59 Å². The van der Waals surface area contributed by atoms with Gasteiger partial charge in [-0.15, -0.1) is 0 Å². The molecule has 0 aromatic heterocycles. The van der Waals surface area contributed by atoms with Crippen LogP contribution in [0.3, 0.4) is 0 Å². The molecule has 0 radical (unpaired) electrons. The van der Waals surface area contributed by atoms with E-state index in [1.807, 2.05) is 32.0 Å². The maximum Gasteiger partial charge on any atom is 0.343 e. The molecule has 2 aromatic carbocycles. The standard InChI is InChI=1S/C19H17NO4/c1-12-5-3-6-13(2)18(12)24-19(23)14-7-4-8-15(11-14)20-16(21)9-10-17(20)22/h3-8,11H,9-10H2,1-2H3. The average Bonchev–Trinajstić information content (AvgIpc) is 2.90. The van der Waals surface area contributed by atoms with E-state index in [2.05, 4.69) is 0 Å². The largest absolute Gasteiger partial charge is 0.422 e. The first kappa shape index (κ1) is 15.9. The van der Waals surface area contributed by atoms with E-state index >= 15 is 0 Å². The Morgan fingerprint density at radius 3 is 2.17 bits per heavy atom. The maximum atomic E-state index is 12.4. The number of anilines is 1. The van der Waals surface area contributed by atoms with Crippen molar-refractivity contribution in [2.75, 3.05) is 4.90 Å². The van der Waals surface area contributed by atoms with Gasteiger partial charge < -0.3 is 4.74 Å². The minimum absolute atomic E-state index is 0.204. The van der Waals surface area contributed by atoms with Crippen molar-refractivity contribution >= 4 is 23.5 Å². The van der Waals surface area contributed by atoms with Gasteiger partial charge in [-0.05, 0) is 43.2 Å². The zero-order valence-corrected chi connectivity index (χ0v) is 13.5. The fourth-order valence-electron chi connectivity index (χ4n) is 2.75. The first-order valence-electron chi connectivity index (χ1n) is 7.71. The molecule has 5 nitrogen and oxygen atoms in total. The van der Waals surface area contributed by atoms with Crippen molar-refractivity contribution in [1.82, 2.24) is 0 Å². The highest BCUT2D eigenvalue weighted by Gasteiger charge is 2.30. The number of aryl methyl sites for hydroxylation is 2. The lowest BCUT2D eigenvalue weighted by Gasteiger charge is -2.15. The summed E-state index contributed by atoms with van der Waals surface area (Å²) in [5, 5.41) is 0. The minimum atomic E-state index is -0.520. The summed E-state index contributed by atoms with van der Waals surface area (Å²) >= 11 is 0. The molecule has 0 spiro atoms. The molecule has 2 aromatic rings. The Morgan fingerprint density at radius 1 is 0.958 bits per heavy atom. The number of imide groups is 1. The quantitative estimate of drug-likeness (QED) is 0.494. The molecule has 1 saturated heterocycles. The van der Waals surface area contributed by atoms with Crippen LogP contribution in [0.25, 0.3) is 0 Å². The van der Waals surface area contributed by atoms with Crippen LogP contribution in [0.5, 0.6) is 5.75 Å². The Kier molecular flexibility index (Phi) is 4.16. The van der Waals surface area contributed by atoms with E-state index in [4.69, 9.17) is 4.74 Å². The Morgan fingerprint density at radius 2 is 1.54 bits per heavy atom. The molecule has 5 heteroatoms. The van der Waals surface area contributed by atoms with Gasteiger partial charge in [-0.3, -0.25) is 14.5 Å². The first-order chi connectivity index (χ1) is 11.5. The van der Waals surface area contributed by atoms with Crippen molar-refractivity contribution in [3.05, 3.63) is 59.2 Å². The van der Waals surface area contributed by atoms with Crippen LogP contribution in [-0.4, -0.2) is 17.8 Å². The Hall–Kier alpha value is -2.95. The average molecular weight is 323 g/mol. The number of amides is 2. The third kappa shape index (κ3) is 2.93. The highest BCUT2D eigenvalue weighted by Crippen LogP contribution is 2.26. The molecule has 0 N–H and O–H groups in total. The van der Waals surface area contributed by atoms with E-state index in [0.717, 1.165) is 16.0 Å². The number of carbonyl (C=O) groups excluding carboxylic acids is 3. The fraction of sp³-hybridized carbons (Fsp3) is 0.211. The minimum Gasteiger partial charge on any atom is -0.422 e. The number of carbonyl (C=O) groups is 3. The summed E-state index contributed by atoms with van der Waals surface area (Å²) in [6, 6.07) is 12.0. The lowest BCUT2D eigenvalue weighted by atomic mass is 10.1. The van der Waals surface area contributed by atoms with E-state index in [1.165, 1.54) is 6.07 Å². The summed E-state index contributed by atoms with van der Waals surface area (Å²) in [5.74, 6) is -0.491. The second-order valence-electron chi connectivity index (χ2n) is 5.78. The van der Waals surface area contributed by atoms with Gasteiger partial charge in [0.1, 0.15) is 5.75 Å². The fourth-order valence-corrected chi connectivity index (χ4v) is 2.75. The van der Waals surface area contributed by atoms with Gasteiger partial charge in [0, 0.05) is 12.8 Å². The predicted molar refractivity (Wildman–Crippen MR) is 89.0 cm³/mol. The van der Waals surface area contributed by atoms with Crippen LogP contribution in [0.2, 0.25) is 0 Å². The molecule has 1 aliphatic heterocycles. The van der Waals surface area contributed by atoms with Crippen LogP contribution < -0.4 is 9.64 Å². The molecule has 24 heavy (non-hydrogen) atoms. The number of esters is 1. The Labute approximate surface area is 139 Å². The summed E-state index contributed by atoms with van der Waals surface area (Å²) < 4.78 is 5.51. The van der Waals surface area contributed by atoms with E-state index in [9.17, 15) is 14.4 Å². The Bertz CT molecular complexity index is 805. The van der Waals surface area contributed by atoms with Gasteiger partial charge in [0.25, 0.3) is 0 Å². The van der Waals surface area contributed by atoms with Gasteiger partial charge in [0.15, 0.2) is 0 Å². The topological polar surface area (TPSA) is 63.7 Å². The number of nitrogens with zero attached hydrogens (tertiary/aromatic N) is 1. The monoisotopic (exact) mass is 323 g/mol. The molecule has 0 bridgehead atoms. The molecule has 1 aliphatic rings. The summed E-state index contributed by atoms with van der Waals surface area (Å²) in [4.78, 5) is 37.2. The molecule has 0 unspecified atom stereocenters. The summed E-state index contributed by atoms with van der Waals surface area (Å²) in [5.41, 5.74) is 2.43. The summed E-state index contributed by atoms with van der Waals surface area (Å²) in [6.45, 7) is 3.74. The highest BCUT2D eigenvalue weighted by atomic mass is 16.5. The van der Waals surface area contributed by atoms with Gasteiger partial charge in [-0.2, -0.15) is 0 Å². The number of ether oxygens (including phenoxy) is 1. The molecule has 122 valence electrons. The van der Waals surface area contributed by atoms with Crippen molar-refractivity contribution in [1.29, 1.82) is 0 Å². The second kappa shape index (κ2) is 6.28. The first-order valence-corrected chi connectivity index (χ1v) is 7.71. The maximum absolute atomic E-state index is 12.4. The number of para-hydroxylation sites is 1. The SMILES string of the molecule is Cc1cccc(C)c1OC(=O)c1cccc(N2C(=O)CCC2=O)c1. The second-order valence-corrected chi connectivity index (χ2v) is 5.78. The third-order valence-electron chi connectivity index (χ3n) is 4.00. The number of hydrogen-bond acceptors (Lipinski definition) is 4. The van der Waals surface area contributed by atoms with Crippen molar-refractivity contribution in [2.45, 2.75) is 26.7 Å². The van der Waals surface area contributed by atoms with Gasteiger partial charge in [-0.1, -0.05) is 24.3 Å². The highest BCUT2D eigenvalue weighted by molar-refractivity contribution is 6.20. The van der Waals surface area contributed by atoms with Gasteiger partial charge in [0.2, 0.25) is 11.8 Å². The predicted octanol–water partition coefficient (Wildman–Crippen LogP) is 3.18. The van der Waals surface area contributed by atoms with Crippen molar-refractivity contribution in [3.63, 3.8) is 0 Å². The van der Waals surface area contributed by atoms with Gasteiger partial charge in [0.05, 0.1) is 11.3 Å². The van der Waals surface area contributed by atoms with Gasteiger partial charge >= 0.3 is 5.97 Å². The molecule has 1 fully saturated rings. The third-order valence-corrected chi connectivity index (χ3v) is 4.00. The van der Waals surface area contributed by atoms with E-state index in [-0.39, 0.29) is 24.7 Å². The molecule has 1 heterocycles. The zero-order chi connectivity index (χ0) is 17.3. The Balaban J connectivity index is 1.87. The molecule has 0 atom stereocenters. The lowest BCUT2D eigenvalue weighted by Crippen LogP contribution is -2.28.